The van der Waals surface area contributed by atoms with E-state index in [9.17, 15) is 0 Å². The first-order chi connectivity index (χ1) is 1.73. The van der Waals surface area contributed by atoms with E-state index in [4.69, 9.17) is 5.11 Å². The van der Waals surface area contributed by atoms with E-state index in [1.54, 1.807) is 13.8 Å². The molecule has 0 atom stereocenters. The molecule has 0 radical (unpaired) electrons. The van der Waals surface area contributed by atoms with Crippen molar-refractivity contribution in [2.24, 2.45) is 0 Å². The summed E-state index contributed by atoms with van der Waals surface area (Å²) in [5.41, 5.74) is 0. The number of hydrogen-bond acceptors (Lipinski definition) is 1. The molecule has 0 unspecified atom stereocenters. The fraction of sp³-hybridized carbons (Fsp3) is 1.00. The van der Waals surface area contributed by atoms with Crippen LogP contribution in [-0.4, -0.2) is 11.2 Å². The van der Waals surface area contributed by atoms with Gasteiger partial charge in [0.05, 0.1) is 0 Å². The third-order valence-corrected chi connectivity index (χ3v) is 0. The molecule has 3 heteroatoms. The Morgan fingerprint density at radius 3 is 1.17 bits per heavy atom. The van der Waals surface area contributed by atoms with E-state index >= 15 is 0 Å². The predicted octanol–water partition coefficient (Wildman–Crippen LogP) is 0.387. The van der Waals surface area contributed by atoms with Gasteiger partial charge in [-0.05, 0) is 13.8 Å². The summed E-state index contributed by atoms with van der Waals surface area (Å²) in [6.07, 6.45) is -0.167. The molecule has 0 fully saturated rings. The van der Waals surface area contributed by atoms with Crippen molar-refractivity contribution in [2.45, 2.75) is 20.0 Å². The van der Waals surface area contributed by atoms with Crippen LogP contribution in [0.5, 0.6) is 0 Å². The third kappa shape index (κ3) is 29.8. The van der Waals surface area contributed by atoms with Crippen LogP contribution in [0.2, 0.25) is 0 Å². The number of hydrogen-bond donors (Lipinski definition) is 1. The Morgan fingerprint density at radius 2 is 1.17 bits per heavy atom. The van der Waals surface area contributed by atoms with Gasteiger partial charge in [-0.1, -0.05) is 0 Å². The van der Waals surface area contributed by atoms with Crippen molar-refractivity contribution in [3.8, 4) is 0 Å². The van der Waals surface area contributed by atoms with Gasteiger partial charge in [0.1, 0.15) is 0 Å². The number of aliphatic hydroxyl groups excluding tert-OH is 1. The predicted molar refractivity (Wildman–Crippen MR) is 17.4 cm³/mol. The molecule has 1 N–H and O–H groups in total. The van der Waals surface area contributed by atoms with Crippen LogP contribution in [-0.2, 0) is 0 Å². The molecule has 0 saturated heterocycles. The monoisotopic (exact) mass is 340 g/mol. The van der Waals surface area contributed by atoms with Gasteiger partial charge in [-0.25, -0.2) is 0 Å². The molecule has 34 valence electrons. The van der Waals surface area contributed by atoms with E-state index in [-0.39, 0.29) is 89.6 Å². The zero-order chi connectivity index (χ0) is 3.58. The van der Waals surface area contributed by atoms with Crippen molar-refractivity contribution in [2.75, 3.05) is 0 Å². The van der Waals surface area contributed by atoms with Gasteiger partial charge in [0, 0.05) is 89.6 Å². The van der Waals surface area contributed by atoms with Crippen LogP contribution < -0.4 is 0 Å². The molecule has 0 heterocycles. The minimum atomic E-state index is -0.167. The normalized spacial score (nSPS) is 6.00. The fourth-order valence-corrected chi connectivity index (χ4v) is 0. The Hall–Kier alpha value is 2.71. The maximum absolute atomic E-state index is 8.06. The van der Waals surface area contributed by atoms with E-state index in [0.29, 0.717) is 0 Å². The summed E-state index contributed by atoms with van der Waals surface area (Å²) in [7, 11) is 0. The number of aliphatic hydroxyl groups is 1. The molecular formula is C3H8Ce2O. The second-order valence-corrected chi connectivity index (χ2v) is 1.09. The SMILES string of the molecule is CC(C)O.[Ce].[Ce]. The van der Waals surface area contributed by atoms with Crippen LogP contribution in [0.25, 0.3) is 0 Å². The molecule has 0 aromatic carbocycles. The minimum absolute atomic E-state index is 0. The summed E-state index contributed by atoms with van der Waals surface area (Å²) in [4.78, 5) is 0. The first-order valence-electron chi connectivity index (χ1n) is 1.41. The summed E-state index contributed by atoms with van der Waals surface area (Å²) >= 11 is 0. The molecule has 0 aliphatic rings. The van der Waals surface area contributed by atoms with Gasteiger partial charge in [0.2, 0.25) is 0 Å². The Bertz CT molecular complexity index is 13.5. The molecule has 0 rings (SSSR count). The molecule has 6 heavy (non-hydrogen) atoms. The van der Waals surface area contributed by atoms with Crippen molar-refractivity contribution >= 4 is 0 Å². The summed E-state index contributed by atoms with van der Waals surface area (Å²) in [6.45, 7) is 3.44. The summed E-state index contributed by atoms with van der Waals surface area (Å²) < 4.78 is 0. The standard InChI is InChI=1S/C3H8O.2Ce/c1-3(2)4;;/h3-4H,1-2H3;;. The Kier molecular flexibility index (Phi) is 28.2. The van der Waals surface area contributed by atoms with E-state index in [1.165, 1.54) is 0 Å². The molecule has 1 nitrogen and oxygen atoms in total. The van der Waals surface area contributed by atoms with Gasteiger partial charge in [-0.15, -0.1) is 0 Å². The van der Waals surface area contributed by atoms with Crippen molar-refractivity contribution in [3.05, 3.63) is 0 Å². The van der Waals surface area contributed by atoms with Gasteiger partial charge in [-0.3, -0.25) is 0 Å². The summed E-state index contributed by atoms with van der Waals surface area (Å²) in [5.74, 6) is 0. The van der Waals surface area contributed by atoms with Gasteiger partial charge < -0.3 is 5.11 Å². The second kappa shape index (κ2) is 10.6. The van der Waals surface area contributed by atoms with Crippen LogP contribution in [0.4, 0.5) is 0 Å². The van der Waals surface area contributed by atoms with Crippen molar-refractivity contribution < 1.29 is 88.6 Å². The van der Waals surface area contributed by atoms with Crippen molar-refractivity contribution in [1.82, 2.24) is 0 Å². The fourth-order valence-electron chi connectivity index (χ4n) is 0. The number of rotatable bonds is 0. The van der Waals surface area contributed by atoms with Crippen LogP contribution in [0.3, 0.4) is 0 Å². The van der Waals surface area contributed by atoms with Crippen LogP contribution in [0, 0.1) is 83.5 Å². The van der Waals surface area contributed by atoms with E-state index in [2.05, 4.69) is 0 Å². The maximum Gasteiger partial charge on any atom is 0.0483 e. The molecule has 0 amide bonds. The second-order valence-electron chi connectivity index (χ2n) is 1.09. The average molecular weight is 340 g/mol. The third-order valence-electron chi connectivity index (χ3n) is 0. The minimum Gasteiger partial charge on any atom is -0.394 e. The molecule has 0 aliphatic carbocycles. The molecular weight excluding hydrogens is 332 g/mol. The molecule has 0 aromatic rings. The molecule has 0 bridgehead atoms. The molecule has 0 saturated carbocycles. The maximum atomic E-state index is 8.06. The first kappa shape index (κ1) is 15.9. The molecule has 0 aromatic heterocycles. The van der Waals surface area contributed by atoms with Gasteiger partial charge in [0.15, 0.2) is 0 Å². The summed E-state index contributed by atoms with van der Waals surface area (Å²) in [5, 5.41) is 8.06. The summed E-state index contributed by atoms with van der Waals surface area (Å²) in [6, 6.07) is 0. The first-order valence-corrected chi connectivity index (χ1v) is 1.41. The van der Waals surface area contributed by atoms with E-state index < -0.39 is 0 Å². The smallest absolute Gasteiger partial charge is 0.0483 e. The van der Waals surface area contributed by atoms with E-state index in [1.807, 2.05) is 0 Å². The van der Waals surface area contributed by atoms with Crippen molar-refractivity contribution in [1.29, 1.82) is 0 Å². The average Bonchev–Trinajstić information content (AvgIpc) is 0.811. The van der Waals surface area contributed by atoms with E-state index in [0.717, 1.165) is 0 Å². The van der Waals surface area contributed by atoms with Gasteiger partial charge >= 0.3 is 0 Å². The largest absolute Gasteiger partial charge is 0.394 e. The zero-order valence-electron chi connectivity index (χ0n) is 4.02. The Morgan fingerprint density at radius 1 is 1.17 bits per heavy atom. The zero-order valence-corrected chi connectivity index (χ0v) is 10.3. The van der Waals surface area contributed by atoms with Gasteiger partial charge in [0.25, 0.3) is 0 Å². The molecule has 0 spiro atoms. The van der Waals surface area contributed by atoms with Crippen molar-refractivity contribution in [3.63, 3.8) is 0 Å². The molecule has 0 aliphatic heterocycles. The quantitative estimate of drug-likeness (QED) is 0.676. The van der Waals surface area contributed by atoms with Crippen LogP contribution in [0.15, 0.2) is 0 Å². The van der Waals surface area contributed by atoms with Gasteiger partial charge in [-0.2, -0.15) is 0 Å². The Balaban J connectivity index is -0.0000000450. The van der Waals surface area contributed by atoms with Crippen LogP contribution >= 0.6 is 0 Å². The van der Waals surface area contributed by atoms with Crippen LogP contribution in [0.1, 0.15) is 13.8 Å². The topological polar surface area (TPSA) is 20.2 Å². The Labute approximate surface area is 106 Å².